The first-order valence-corrected chi connectivity index (χ1v) is 7.70. The Balaban J connectivity index is 1.90. The van der Waals surface area contributed by atoms with Gasteiger partial charge in [-0.3, -0.25) is 4.98 Å². The molecule has 1 aromatic heterocycles. The third-order valence-electron chi connectivity index (χ3n) is 4.11. The van der Waals surface area contributed by atoms with Gasteiger partial charge in [0.05, 0.1) is 18.3 Å². The number of fused-ring (bicyclic) bond motifs is 1. The fraction of sp³-hybridized carbons (Fsp3) is 0.353. The number of pyridine rings is 1. The number of aromatic nitrogens is 1. The summed E-state index contributed by atoms with van der Waals surface area (Å²) in [6.45, 7) is 3.96. The Hall–Kier alpha value is -2.79. The standard InChI is InChI=1S/C17H18FN5O/c1-11(22-12-4-3-7-20-9-12)13-5-6-15(18)14-8-17(2,10-21-23-19)24-16(13)14/h3-7,9,11,22H,8,10H2,1-2H3/t11-,17?/m1/s1. The molecule has 2 atom stereocenters. The minimum Gasteiger partial charge on any atom is -0.486 e. The molecule has 3 rings (SSSR count). The Bertz CT molecular complexity index is 791. The van der Waals surface area contributed by atoms with E-state index in [1.54, 1.807) is 18.5 Å². The Morgan fingerprint density at radius 2 is 2.33 bits per heavy atom. The normalized spacial score (nSPS) is 19.8. The van der Waals surface area contributed by atoms with Crippen LogP contribution in [0.1, 0.15) is 31.0 Å². The summed E-state index contributed by atoms with van der Waals surface area (Å²) in [4.78, 5) is 6.85. The maximum atomic E-state index is 14.2. The summed E-state index contributed by atoms with van der Waals surface area (Å²) in [7, 11) is 0. The first kappa shape index (κ1) is 16.1. The highest BCUT2D eigenvalue weighted by Crippen LogP contribution is 2.42. The molecule has 1 aromatic carbocycles. The molecule has 7 heteroatoms. The number of ether oxygens (including phenoxy) is 1. The highest BCUT2D eigenvalue weighted by molar-refractivity contribution is 5.51. The quantitative estimate of drug-likeness (QED) is 0.502. The van der Waals surface area contributed by atoms with E-state index >= 15 is 0 Å². The van der Waals surface area contributed by atoms with E-state index < -0.39 is 5.60 Å². The van der Waals surface area contributed by atoms with Crippen molar-refractivity contribution in [1.29, 1.82) is 0 Å². The van der Waals surface area contributed by atoms with Gasteiger partial charge >= 0.3 is 0 Å². The summed E-state index contributed by atoms with van der Waals surface area (Å²) in [5.41, 5.74) is 10.1. The predicted molar refractivity (Wildman–Crippen MR) is 89.4 cm³/mol. The number of nitrogens with zero attached hydrogens (tertiary/aromatic N) is 4. The van der Waals surface area contributed by atoms with Crippen LogP contribution in [0.5, 0.6) is 5.75 Å². The van der Waals surface area contributed by atoms with Crippen molar-refractivity contribution >= 4 is 5.69 Å². The van der Waals surface area contributed by atoms with Crippen LogP contribution in [-0.4, -0.2) is 17.1 Å². The van der Waals surface area contributed by atoms with Crippen LogP contribution >= 0.6 is 0 Å². The van der Waals surface area contributed by atoms with Gasteiger partial charge in [0, 0.05) is 34.9 Å². The van der Waals surface area contributed by atoms with Crippen LogP contribution in [0.3, 0.4) is 0 Å². The molecule has 0 aliphatic carbocycles. The average molecular weight is 327 g/mol. The fourth-order valence-corrected chi connectivity index (χ4v) is 2.95. The minimum absolute atomic E-state index is 0.0923. The molecular formula is C17H18FN5O. The highest BCUT2D eigenvalue weighted by atomic mass is 19.1. The topological polar surface area (TPSA) is 82.9 Å². The lowest BCUT2D eigenvalue weighted by atomic mass is 9.97. The molecule has 6 nitrogen and oxygen atoms in total. The Morgan fingerprint density at radius 3 is 3.04 bits per heavy atom. The van der Waals surface area contributed by atoms with Gasteiger partial charge in [-0.1, -0.05) is 11.2 Å². The Morgan fingerprint density at radius 1 is 1.50 bits per heavy atom. The predicted octanol–water partition coefficient (Wildman–Crippen LogP) is 4.40. The molecule has 0 radical (unpaired) electrons. The zero-order valence-electron chi connectivity index (χ0n) is 13.5. The van der Waals surface area contributed by atoms with Gasteiger partial charge in [0.1, 0.15) is 17.2 Å². The lowest BCUT2D eigenvalue weighted by Crippen LogP contribution is -2.33. The third-order valence-corrected chi connectivity index (χ3v) is 4.11. The number of hydrogen-bond acceptors (Lipinski definition) is 4. The second-order valence-corrected chi connectivity index (χ2v) is 6.17. The molecular weight excluding hydrogens is 309 g/mol. The van der Waals surface area contributed by atoms with Crippen LogP contribution in [0, 0.1) is 5.82 Å². The van der Waals surface area contributed by atoms with Crippen molar-refractivity contribution in [2.75, 3.05) is 11.9 Å². The zero-order valence-corrected chi connectivity index (χ0v) is 13.5. The number of anilines is 1. The van der Waals surface area contributed by atoms with Crippen molar-refractivity contribution in [3.05, 3.63) is 64.0 Å². The molecule has 0 saturated carbocycles. The number of azide groups is 1. The van der Waals surface area contributed by atoms with Crippen LogP contribution in [0.2, 0.25) is 0 Å². The van der Waals surface area contributed by atoms with E-state index in [2.05, 4.69) is 20.3 Å². The van der Waals surface area contributed by atoms with Crippen molar-refractivity contribution in [2.24, 2.45) is 5.11 Å². The van der Waals surface area contributed by atoms with Crippen LogP contribution in [0.4, 0.5) is 10.1 Å². The van der Waals surface area contributed by atoms with E-state index in [1.807, 2.05) is 26.0 Å². The second kappa shape index (κ2) is 6.37. The fourth-order valence-electron chi connectivity index (χ4n) is 2.95. The van der Waals surface area contributed by atoms with Gasteiger partial charge in [0.15, 0.2) is 0 Å². The molecule has 0 bridgehead atoms. The molecule has 24 heavy (non-hydrogen) atoms. The van der Waals surface area contributed by atoms with Crippen molar-refractivity contribution in [1.82, 2.24) is 4.98 Å². The minimum atomic E-state index is -0.723. The maximum absolute atomic E-state index is 14.2. The van der Waals surface area contributed by atoms with Crippen LogP contribution in [0.15, 0.2) is 41.8 Å². The maximum Gasteiger partial charge on any atom is 0.131 e. The van der Waals surface area contributed by atoms with Gasteiger partial charge in [-0.05, 0) is 37.6 Å². The number of rotatable bonds is 5. The molecule has 1 aliphatic heterocycles. The first-order valence-electron chi connectivity index (χ1n) is 7.70. The molecule has 1 aliphatic rings. The monoisotopic (exact) mass is 327 g/mol. The van der Waals surface area contributed by atoms with Crippen LogP contribution in [0.25, 0.3) is 10.4 Å². The van der Waals surface area contributed by atoms with E-state index in [9.17, 15) is 4.39 Å². The molecule has 2 aromatic rings. The van der Waals surface area contributed by atoms with Crippen molar-refractivity contribution in [3.63, 3.8) is 0 Å². The van der Waals surface area contributed by atoms with E-state index in [4.69, 9.17) is 10.3 Å². The van der Waals surface area contributed by atoms with E-state index in [0.29, 0.717) is 17.7 Å². The number of nitrogens with one attached hydrogen (secondary N) is 1. The van der Waals surface area contributed by atoms with Gasteiger partial charge in [-0.15, -0.1) is 0 Å². The number of benzene rings is 1. The molecule has 1 unspecified atom stereocenters. The second-order valence-electron chi connectivity index (χ2n) is 6.17. The molecule has 1 N–H and O–H groups in total. The first-order chi connectivity index (χ1) is 11.5. The highest BCUT2D eigenvalue weighted by Gasteiger charge is 2.38. The SMILES string of the molecule is C[C@@H](Nc1cccnc1)c1ccc(F)c2c1OC(C)(CN=[N+]=[N-])C2. The summed E-state index contributed by atoms with van der Waals surface area (Å²) < 4.78 is 20.2. The summed E-state index contributed by atoms with van der Waals surface area (Å²) >= 11 is 0. The molecule has 0 spiro atoms. The van der Waals surface area contributed by atoms with Gasteiger partial charge < -0.3 is 10.1 Å². The third kappa shape index (κ3) is 3.12. The zero-order chi connectivity index (χ0) is 17.2. The largest absolute Gasteiger partial charge is 0.486 e. The van der Waals surface area contributed by atoms with Gasteiger partial charge in [0.2, 0.25) is 0 Å². The summed E-state index contributed by atoms with van der Waals surface area (Å²) in [6.07, 6.45) is 3.81. The number of halogens is 1. The van der Waals surface area contributed by atoms with Crippen LogP contribution in [-0.2, 0) is 6.42 Å². The van der Waals surface area contributed by atoms with Gasteiger partial charge in [-0.25, -0.2) is 4.39 Å². The van der Waals surface area contributed by atoms with Crippen molar-refractivity contribution in [2.45, 2.75) is 31.9 Å². The van der Waals surface area contributed by atoms with E-state index in [0.717, 1.165) is 11.3 Å². The van der Waals surface area contributed by atoms with E-state index in [-0.39, 0.29) is 18.4 Å². The van der Waals surface area contributed by atoms with E-state index in [1.165, 1.54) is 6.07 Å². The van der Waals surface area contributed by atoms with Crippen molar-refractivity contribution < 1.29 is 9.13 Å². The average Bonchev–Trinajstić information content (AvgIpc) is 2.93. The lowest BCUT2D eigenvalue weighted by molar-refractivity contribution is 0.124. The molecule has 124 valence electrons. The smallest absolute Gasteiger partial charge is 0.131 e. The van der Waals surface area contributed by atoms with Gasteiger partial charge in [0.25, 0.3) is 0 Å². The molecule has 0 amide bonds. The Labute approximate surface area is 139 Å². The number of hydrogen-bond donors (Lipinski definition) is 1. The molecule has 2 heterocycles. The summed E-state index contributed by atoms with van der Waals surface area (Å²) in [6, 6.07) is 6.85. The summed E-state index contributed by atoms with van der Waals surface area (Å²) in [5.74, 6) is 0.238. The lowest BCUT2D eigenvalue weighted by Gasteiger charge is -2.23. The van der Waals surface area contributed by atoms with Crippen molar-refractivity contribution in [3.8, 4) is 5.75 Å². The van der Waals surface area contributed by atoms with Crippen LogP contribution < -0.4 is 10.1 Å². The van der Waals surface area contributed by atoms with Gasteiger partial charge in [-0.2, -0.15) is 0 Å². The summed E-state index contributed by atoms with van der Waals surface area (Å²) in [5, 5.41) is 6.92. The Kier molecular flexibility index (Phi) is 4.27. The molecule has 0 fully saturated rings. The molecule has 0 saturated heterocycles.